The number of carbonyl (C=O) groups is 2. The van der Waals surface area contributed by atoms with Crippen LogP contribution >= 0.6 is 23.2 Å². The molecule has 8 nitrogen and oxygen atoms in total. The van der Waals surface area contributed by atoms with Gasteiger partial charge in [0.1, 0.15) is 18.0 Å². The van der Waals surface area contributed by atoms with E-state index in [0.717, 1.165) is 0 Å². The third-order valence-electron chi connectivity index (χ3n) is 7.59. The van der Waals surface area contributed by atoms with Gasteiger partial charge >= 0.3 is 5.97 Å². The number of amides is 1. The van der Waals surface area contributed by atoms with Gasteiger partial charge in [-0.3, -0.25) is 13.8 Å². The molecule has 43 heavy (non-hydrogen) atoms. The molecule has 0 saturated carbocycles. The van der Waals surface area contributed by atoms with Gasteiger partial charge < -0.3 is 19.3 Å². The fourth-order valence-corrected chi connectivity index (χ4v) is 6.48. The number of carboxylic acids is 1. The number of aliphatic carboxylic acids is 1. The first-order chi connectivity index (χ1) is 20.5. The van der Waals surface area contributed by atoms with Crippen LogP contribution in [0.5, 0.6) is 0 Å². The highest BCUT2D eigenvalue weighted by Gasteiger charge is 2.47. The van der Waals surface area contributed by atoms with E-state index in [2.05, 4.69) is 0 Å². The van der Waals surface area contributed by atoms with Crippen LogP contribution in [-0.2, 0) is 32.0 Å². The van der Waals surface area contributed by atoms with Crippen LogP contribution in [0.25, 0.3) is 0 Å². The second-order valence-electron chi connectivity index (χ2n) is 10.5. The van der Waals surface area contributed by atoms with E-state index >= 15 is 0 Å². The molecule has 0 radical (unpaired) electrons. The van der Waals surface area contributed by atoms with Crippen molar-refractivity contribution in [3.05, 3.63) is 105 Å². The number of benzene rings is 3. The maximum Gasteiger partial charge on any atom is 0.306 e. The minimum Gasteiger partial charge on any atom is -0.760 e. The number of nitrogens with zero attached hydrogens (tertiary/aromatic N) is 2. The minimum atomic E-state index is -2.71. The van der Waals surface area contributed by atoms with Crippen LogP contribution in [0.15, 0.2) is 72.8 Å². The van der Waals surface area contributed by atoms with Gasteiger partial charge in [-0.05, 0) is 66.8 Å². The summed E-state index contributed by atoms with van der Waals surface area (Å²) in [4.78, 5) is 27.4. The Morgan fingerprint density at radius 3 is 2.40 bits per heavy atom. The number of halogens is 3. The summed E-state index contributed by atoms with van der Waals surface area (Å²) in [6, 6.07) is 17.8. The van der Waals surface area contributed by atoms with Crippen LogP contribution in [0.2, 0.25) is 10.0 Å². The first-order valence-corrected chi connectivity index (χ1v) is 15.6. The maximum atomic E-state index is 14.4. The van der Waals surface area contributed by atoms with Gasteiger partial charge in [-0.2, -0.15) is 0 Å². The highest BCUT2D eigenvalue weighted by Crippen LogP contribution is 2.44. The lowest BCUT2D eigenvalue weighted by Gasteiger charge is -2.49. The van der Waals surface area contributed by atoms with Crippen LogP contribution in [0.1, 0.15) is 55.5 Å². The standard InChI is InChI=1S/C31H33Cl2FN2O6S/c1-3-25(18-35(43(40)41)19(2)15-21-7-4-5-10-26(21)34)36-29(20-11-13-23(32)14-12-20)30(22-8-6-9-24(33)16-22)42-27(31(36)39)17-28(37)38/h4-14,16,19,25,27,29-30H,3,15,17-18H2,1-2H3,(H,37,38)(H,40,41)/p-1/t19-,25?,27-,29+,30+/m0/s1. The molecule has 0 spiro atoms. The van der Waals surface area contributed by atoms with Crippen molar-refractivity contribution in [2.75, 3.05) is 6.54 Å². The lowest BCUT2D eigenvalue weighted by Crippen LogP contribution is -2.58. The molecular formula is C31H32Cl2FN2O6S-. The number of rotatable bonds is 12. The van der Waals surface area contributed by atoms with Crippen LogP contribution in [-0.4, -0.2) is 59.7 Å². The van der Waals surface area contributed by atoms with Crippen molar-refractivity contribution >= 4 is 46.3 Å². The van der Waals surface area contributed by atoms with Crippen molar-refractivity contribution in [1.29, 1.82) is 0 Å². The largest absolute Gasteiger partial charge is 0.760 e. The smallest absolute Gasteiger partial charge is 0.306 e. The maximum absolute atomic E-state index is 14.4. The topological polar surface area (TPSA) is 110 Å². The van der Waals surface area contributed by atoms with Crippen molar-refractivity contribution in [2.24, 2.45) is 0 Å². The van der Waals surface area contributed by atoms with E-state index in [1.54, 1.807) is 78.6 Å². The summed E-state index contributed by atoms with van der Waals surface area (Å²) >= 11 is 9.79. The normalized spacial score (nSPS) is 21.0. The number of carboxylic acid groups (broad SMARTS) is 1. The first-order valence-electron chi connectivity index (χ1n) is 13.8. The van der Waals surface area contributed by atoms with Crippen LogP contribution in [0, 0.1) is 5.82 Å². The third-order valence-corrected chi connectivity index (χ3v) is 8.97. The molecule has 0 aromatic heterocycles. The predicted molar refractivity (Wildman–Crippen MR) is 162 cm³/mol. The number of morpholine rings is 1. The summed E-state index contributed by atoms with van der Waals surface area (Å²) < 4.78 is 46.9. The van der Waals surface area contributed by atoms with E-state index in [1.807, 2.05) is 6.92 Å². The molecule has 1 aliphatic rings. The van der Waals surface area contributed by atoms with E-state index in [0.29, 0.717) is 33.2 Å². The van der Waals surface area contributed by atoms with Gasteiger partial charge in [-0.1, -0.05) is 72.6 Å². The quantitative estimate of drug-likeness (QED) is 0.237. The molecule has 0 bridgehead atoms. The summed E-state index contributed by atoms with van der Waals surface area (Å²) in [5.74, 6) is -2.24. The Kier molecular flexibility index (Phi) is 11.3. The first kappa shape index (κ1) is 33.0. The van der Waals surface area contributed by atoms with Crippen molar-refractivity contribution in [3.63, 3.8) is 0 Å². The van der Waals surface area contributed by atoms with Crippen LogP contribution < -0.4 is 0 Å². The van der Waals surface area contributed by atoms with Crippen molar-refractivity contribution in [1.82, 2.24) is 9.21 Å². The van der Waals surface area contributed by atoms with Gasteiger partial charge in [-0.25, -0.2) is 8.70 Å². The molecule has 1 heterocycles. The van der Waals surface area contributed by atoms with Crippen LogP contribution in [0.4, 0.5) is 4.39 Å². The van der Waals surface area contributed by atoms with E-state index in [1.165, 1.54) is 10.4 Å². The fraction of sp³-hybridized carbons (Fsp3) is 0.355. The molecule has 3 aromatic rings. The Labute approximate surface area is 262 Å². The van der Waals surface area contributed by atoms with Crippen molar-refractivity contribution in [3.8, 4) is 0 Å². The lowest BCUT2D eigenvalue weighted by molar-refractivity contribution is -0.184. The minimum absolute atomic E-state index is 0.111. The molecule has 2 unspecified atom stereocenters. The molecule has 3 aromatic carbocycles. The number of hydrogen-bond donors (Lipinski definition) is 1. The zero-order valence-electron chi connectivity index (χ0n) is 23.6. The Hall–Kier alpha value is -2.86. The molecule has 1 amide bonds. The van der Waals surface area contributed by atoms with Crippen molar-refractivity contribution in [2.45, 2.75) is 63.4 Å². The predicted octanol–water partition coefficient (Wildman–Crippen LogP) is 6.12. The molecule has 0 aliphatic carbocycles. The zero-order chi connectivity index (χ0) is 31.3. The Morgan fingerprint density at radius 1 is 1.09 bits per heavy atom. The summed E-state index contributed by atoms with van der Waals surface area (Å²) in [6.45, 7) is 3.38. The Morgan fingerprint density at radius 2 is 1.79 bits per heavy atom. The average molecular weight is 651 g/mol. The van der Waals surface area contributed by atoms with E-state index < -0.39 is 65.7 Å². The Bertz CT molecular complexity index is 1460. The van der Waals surface area contributed by atoms with Crippen molar-refractivity contribution < 1.29 is 32.6 Å². The lowest BCUT2D eigenvalue weighted by atomic mass is 9.89. The number of carbonyl (C=O) groups excluding carboxylic acids is 1. The highest BCUT2D eigenvalue weighted by molar-refractivity contribution is 7.76. The molecule has 1 fully saturated rings. The molecule has 6 atom stereocenters. The van der Waals surface area contributed by atoms with E-state index in [4.69, 9.17) is 27.9 Å². The van der Waals surface area contributed by atoms with E-state index in [9.17, 15) is 27.8 Å². The molecule has 4 rings (SSSR count). The molecule has 12 heteroatoms. The molecule has 1 N–H and O–H groups in total. The second-order valence-corrected chi connectivity index (χ2v) is 12.2. The zero-order valence-corrected chi connectivity index (χ0v) is 25.9. The summed E-state index contributed by atoms with van der Waals surface area (Å²) in [7, 11) is 0. The van der Waals surface area contributed by atoms with Gasteiger partial charge in [0.25, 0.3) is 5.91 Å². The highest BCUT2D eigenvalue weighted by atomic mass is 35.5. The van der Waals surface area contributed by atoms with Gasteiger partial charge in [0, 0.05) is 39.9 Å². The summed E-state index contributed by atoms with van der Waals surface area (Å²) in [6.07, 6.45) is -2.31. The molecule has 1 aliphatic heterocycles. The van der Waals surface area contributed by atoms with Gasteiger partial charge in [0.2, 0.25) is 0 Å². The monoisotopic (exact) mass is 649 g/mol. The Balaban J connectivity index is 1.79. The second kappa shape index (κ2) is 14.7. The molecular weight excluding hydrogens is 618 g/mol. The molecule has 230 valence electrons. The number of ether oxygens (including phenoxy) is 1. The van der Waals surface area contributed by atoms with Crippen LogP contribution in [0.3, 0.4) is 0 Å². The average Bonchev–Trinajstić information content (AvgIpc) is 2.96. The number of hydrogen-bond acceptors (Lipinski definition) is 5. The molecule has 1 saturated heterocycles. The van der Waals surface area contributed by atoms with Gasteiger partial charge in [-0.15, -0.1) is 0 Å². The van der Waals surface area contributed by atoms with Gasteiger partial charge in [0.15, 0.2) is 0 Å². The summed E-state index contributed by atoms with van der Waals surface area (Å²) in [5.41, 5.74) is 1.64. The third kappa shape index (κ3) is 8.00. The SMILES string of the molecule is CCC(CN([C@@H](C)Cc1ccccc1F)S(=O)[O-])N1C(=O)[C@H](CC(=O)O)O[C@H](c2cccc(Cl)c2)[C@H]1c1ccc(Cl)cc1. The van der Waals surface area contributed by atoms with E-state index in [-0.39, 0.29) is 13.0 Å². The summed E-state index contributed by atoms with van der Waals surface area (Å²) in [5, 5.41) is 10.5. The fourth-order valence-electron chi connectivity index (χ4n) is 5.49. The van der Waals surface area contributed by atoms with Gasteiger partial charge in [0.05, 0.1) is 12.5 Å².